The predicted molar refractivity (Wildman–Crippen MR) is 79.4 cm³/mol. The van der Waals surface area contributed by atoms with Crippen LogP contribution in [-0.4, -0.2) is 30.5 Å². The Morgan fingerprint density at radius 3 is 2.60 bits per heavy atom. The van der Waals surface area contributed by atoms with Gasteiger partial charge in [0.05, 0.1) is 12.5 Å². The number of carbonyl (C=O) groups excluding carboxylic acids is 1. The molecular formula is C16H24N2O2. The van der Waals surface area contributed by atoms with E-state index in [1.165, 1.54) is 0 Å². The van der Waals surface area contributed by atoms with Gasteiger partial charge in [0.1, 0.15) is 5.75 Å². The van der Waals surface area contributed by atoms with Crippen LogP contribution in [0.4, 0.5) is 0 Å². The van der Waals surface area contributed by atoms with Crippen molar-refractivity contribution in [1.82, 2.24) is 4.90 Å². The van der Waals surface area contributed by atoms with Gasteiger partial charge in [-0.2, -0.15) is 0 Å². The van der Waals surface area contributed by atoms with Crippen LogP contribution < -0.4 is 10.5 Å². The standard InChI is InChI=1S/C16H24N2O2/c1-3-20-13-9-7-12(8-10-13)11-18(2)16(19)14-5-4-6-15(14)17/h7-10,14-15H,3-6,11,17H2,1-2H3. The van der Waals surface area contributed by atoms with Crippen molar-refractivity contribution < 1.29 is 9.53 Å². The Kier molecular flexibility index (Phi) is 5.01. The van der Waals surface area contributed by atoms with Crippen LogP contribution >= 0.6 is 0 Å². The summed E-state index contributed by atoms with van der Waals surface area (Å²) in [5, 5.41) is 0. The summed E-state index contributed by atoms with van der Waals surface area (Å²) < 4.78 is 5.41. The van der Waals surface area contributed by atoms with E-state index >= 15 is 0 Å². The highest BCUT2D eigenvalue weighted by Gasteiger charge is 2.32. The Bertz CT molecular complexity index is 444. The summed E-state index contributed by atoms with van der Waals surface area (Å²) >= 11 is 0. The number of ether oxygens (including phenoxy) is 1. The number of hydrogen-bond donors (Lipinski definition) is 1. The first kappa shape index (κ1) is 14.9. The molecule has 2 rings (SSSR count). The van der Waals surface area contributed by atoms with Crippen molar-refractivity contribution in [2.75, 3.05) is 13.7 Å². The molecule has 1 fully saturated rings. The number of nitrogens with zero attached hydrogens (tertiary/aromatic N) is 1. The van der Waals surface area contributed by atoms with E-state index in [4.69, 9.17) is 10.5 Å². The van der Waals surface area contributed by atoms with Gasteiger partial charge in [-0.15, -0.1) is 0 Å². The van der Waals surface area contributed by atoms with Crippen LogP contribution in [0.3, 0.4) is 0 Å². The number of hydrogen-bond acceptors (Lipinski definition) is 3. The van der Waals surface area contributed by atoms with Crippen LogP contribution in [0, 0.1) is 5.92 Å². The molecule has 1 aliphatic carbocycles. The Balaban J connectivity index is 1.93. The van der Waals surface area contributed by atoms with Crippen molar-refractivity contribution in [3.63, 3.8) is 0 Å². The lowest BCUT2D eigenvalue weighted by Crippen LogP contribution is -2.39. The summed E-state index contributed by atoms with van der Waals surface area (Å²) in [5.74, 6) is 1.04. The van der Waals surface area contributed by atoms with Gasteiger partial charge in [0, 0.05) is 19.6 Å². The fourth-order valence-electron chi connectivity index (χ4n) is 2.79. The molecule has 0 aliphatic heterocycles. The van der Waals surface area contributed by atoms with Crippen LogP contribution in [0.2, 0.25) is 0 Å². The van der Waals surface area contributed by atoms with Gasteiger partial charge in [-0.1, -0.05) is 18.6 Å². The van der Waals surface area contributed by atoms with Gasteiger partial charge in [-0.3, -0.25) is 4.79 Å². The van der Waals surface area contributed by atoms with Gasteiger partial charge in [0.15, 0.2) is 0 Å². The molecule has 2 N–H and O–H groups in total. The van der Waals surface area contributed by atoms with Gasteiger partial charge in [-0.05, 0) is 37.5 Å². The van der Waals surface area contributed by atoms with Crippen LogP contribution in [0.25, 0.3) is 0 Å². The topological polar surface area (TPSA) is 55.6 Å². The van der Waals surface area contributed by atoms with E-state index in [1.54, 1.807) is 4.90 Å². The molecule has 0 radical (unpaired) electrons. The molecule has 20 heavy (non-hydrogen) atoms. The molecule has 1 saturated carbocycles. The molecule has 0 bridgehead atoms. The second-order valence-corrected chi connectivity index (χ2v) is 5.47. The number of nitrogens with two attached hydrogens (primary N) is 1. The molecule has 2 unspecified atom stereocenters. The zero-order chi connectivity index (χ0) is 14.5. The fraction of sp³-hybridized carbons (Fsp3) is 0.562. The summed E-state index contributed by atoms with van der Waals surface area (Å²) in [4.78, 5) is 14.1. The first-order chi connectivity index (χ1) is 9.61. The SMILES string of the molecule is CCOc1ccc(CN(C)C(=O)C2CCCC2N)cc1. The zero-order valence-corrected chi connectivity index (χ0v) is 12.3. The van der Waals surface area contributed by atoms with Crippen molar-refractivity contribution in [3.05, 3.63) is 29.8 Å². The van der Waals surface area contributed by atoms with Gasteiger partial charge in [0.2, 0.25) is 5.91 Å². The monoisotopic (exact) mass is 276 g/mol. The summed E-state index contributed by atoms with van der Waals surface area (Å²) in [5.41, 5.74) is 7.11. The zero-order valence-electron chi connectivity index (χ0n) is 12.3. The Hall–Kier alpha value is -1.55. The lowest BCUT2D eigenvalue weighted by Gasteiger charge is -2.23. The van der Waals surface area contributed by atoms with Crippen molar-refractivity contribution in [2.45, 2.75) is 38.8 Å². The van der Waals surface area contributed by atoms with Crippen LogP contribution in [0.5, 0.6) is 5.75 Å². The van der Waals surface area contributed by atoms with E-state index in [2.05, 4.69) is 0 Å². The second-order valence-electron chi connectivity index (χ2n) is 5.47. The molecule has 1 amide bonds. The Morgan fingerprint density at radius 2 is 2.05 bits per heavy atom. The predicted octanol–water partition coefficient (Wildman–Crippen LogP) is 2.17. The molecule has 4 nitrogen and oxygen atoms in total. The quantitative estimate of drug-likeness (QED) is 0.896. The number of amides is 1. The van der Waals surface area contributed by atoms with E-state index in [0.29, 0.717) is 13.2 Å². The van der Waals surface area contributed by atoms with Crippen molar-refractivity contribution in [1.29, 1.82) is 0 Å². The summed E-state index contributed by atoms with van der Waals surface area (Å²) in [6, 6.07) is 7.93. The van der Waals surface area contributed by atoms with Gasteiger partial charge in [-0.25, -0.2) is 0 Å². The minimum atomic E-state index is 0.00250. The lowest BCUT2D eigenvalue weighted by atomic mass is 10.0. The van der Waals surface area contributed by atoms with Crippen LogP contribution in [-0.2, 0) is 11.3 Å². The van der Waals surface area contributed by atoms with E-state index < -0.39 is 0 Å². The van der Waals surface area contributed by atoms with Crippen molar-refractivity contribution >= 4 is 5.91 Å². The highest BCUT2D eigenvalue weighted by Crippen LogP contribution is 2.26. The molecule has 0 heterocycles. The summed E-state index contributed by atoms with van der Waals surface area (Å²) in [6.45, 7) is 3.25. The largest absolute Gasteiger partial charge is 0.494 e. The number of benzene rings is 1. The van der Waals surface area contributed by atoms with Crippen molar-refractivity contribution in [2.24, 2.45) is 11.7 Å². The van der Waals surface area contributed by atoms with Gasteiger partial charge < -0.3 is 15.4 Å². The second kappa shape index (κ2) is 6.75. The molecule has 1 aromatic rings. The average molecular weight is 276 g/mol. The van der Waals surface area contributed by atoms with Crippen molar-refractivity contribution in [3.8, 4) is 5.75 Å². The molecule has 0 spiro atoms. The number of rotatable bonds is 5. The molecule has 1 aliphatic rings. The smallest absolute Gasteiger partial charge is 0.227 e. The minimum absolute atomic E-state index is 0.00250. The van der Waals surface area contributed by atoms with Gasteiger partial charge in [0.25, 0.3) is 0 Å². The molecule has 0 aromatic heterocycles. The highest BCUT2D eigenvalue weighted by molar-refractivity contribution is 5.79. The lowest BCUT2D eigenvalue weighted by molar-refractivity contribution is -0.134. The average Bonchev–Trinajstić information content (AvgIpc) is 2.86. The Labute approximate surface area is 120 Å². The third-order valence-corrected chi connectivity index (χ3v) is 3.92. The molecule has 4 heteroatoms. The highest BCUT2D eigenvalue weighted by atomic mass is 16.5. The molecule has 0 saturated heterocycles. The van der Waals surface area contributed by atoms with E-state index in [1.807, 2.05) is 38.2 Å². The maximum absolute atomic E-state index is 12.4. The molecule has 2 atom stereocenters. The minimum Gasteiger partial charge on any atom is -0.494 e. The van der Waals surface area contributed by atoms with Gasteiger partial charge >= 0.3 is 0 Å². The van der Waals surface area contributed by atoms with E-state index in [-0.39, 0.29) is 17.9 Å². The normalized spacial score (nSPS) is 21.8. The third kappa shape index (κ3) is 3.51. The molecule has 1 aromatic carbocycles. The van der Waals surface area contributed by atoms with E-state index in [0.717, 1.165) is 30.6 Å². The molecule has 110 valence electrons. The third-order valence-electron chi connectivity index (χ3n) is 3.92. The molecular weight excluding hydrogens is 252 g/mol. The fourth-order valence-corrected chi connectivity index (χ4v) is 2.79. The Morgan fingerprint density at radius 1 is 1.35 bits per heavy atom. The summed E-state index contributed by atoms with van der Waals surface area (Å²) in [7, 11) is 1.85. The first-order valence-electron chi connectivity index (χ1n) is 7.34. The number of carbonyl (C=O) groups is 1. The maximum Gasteiger partial charge on any atom is 0.227 e. The maximum atomic E-state index is 12.4. The van der Waals surface area contributed by atoms with Crippen LogP contribution in [0.15, 0.2) is 24.3 Å². The van der Waals surface area contributed by atoms with Crippen LogP contribution in [0.1, 0.15) is 31.7 Å². The van der Waals surface area contributed by atoms with E-state index in [9.17, 15) is 4.79 Å². The first-order valence-corrected chi connectivity index (χ1v) is 7.34. The summed E-state index contributed by atoms with van der Waals surface area (Å²) in [6.07, 6.45) is 2.95.